The molecule has 1 N–H and O–H groups in total. The van der Waals surface area contributed by atoms with Crippen molar-refractivity contribution in [2.45, 2.75) is 49.8 Å². The number of hydrogen-bond donors (Lipinski definition) is 1. The van der Waals surface area contributed by atoms with Crippen LogP contribution in [0.25, 0.3) is 0 Å². The highest BCUT2D eigenvalue weighted by Crippen LogP contribution is 2.29. The van der Waals surface area contributed by atoms with Crippen LogP contribution in [0.15, 0.2) is 29.2 Å². The Balaban J connectivity index is 1.39. The van der Waals surface area contributed by atoms with Crippen molar-refractivity contribution in [3.05, 3.63) is 40.4 Å². The first-order chi connectivity index (χ1) is 13.5. The topological polar surface area (TPSA) is 79.4 Å². The maximum Gasteiger partial charge on any atom is 0.243 e. The standard InChI is InChI=1S/C20H25N3O3S2/c24-18(14-21-20-22-17-6-2-3-7-19(17)27-20)15-8-10-16(11-9-15)28(25,26)23-12-4-1-5-13-23/h8-11H,1-7,12-14H2,(H,21,22). The first-order valence-electron chi connectivity index (χ1n) is 9.90. The number of nitrogens with one attached hydrogen (secondary N) is 1. The third-order valence-electron chi connectivity index (χ3n) is 5.37. The number of sulfonamides is 1. The molecule has 0 radical (unpaired) electrons. The minimum Gasteiger partial charge on any atom is -0.354 e. The summed E-state index contributed by atoms with van der Waals surface area (Å²) in [7, 11) is -3.46. The van der Waals surface area contributed by atoms with Gasteiger partial charge in [0, 0.05) is 23.5 Å². The van der Waals surface area contributed by atoms with Crippen LogP contribution in [0.3, 0.4) is 0 Å². The Morgan fingerprint density at radius 2 is 1.75 bits per heavy atom. The summed E-state index contributed by atoms with van der Waals surface area (Å²) in [5.74, 6) is -0.0740. The van der Waals surface area contributed by atoms with Gasteiger partial charge in [-0.3, -0.25) is 4.79 Å². The molecule has 6 nitrogen and oxygen atoms in total. The molecule has 1 aliphatic heterocycles. The van der Waals surface area contributed by atoms with Crippen molar-refractivity contribution < 1.29 is 13.2 Å². The highest BCUT2D eigenvalue weighted by molar-refractivity contribution is 7.89. The van der Waals surface area contributed by atoms with E-state index < -0.39 is 10.0 Å². The molecule has 1 aromatic carbocycles. The number of anilines is 1. The summed E-state index contributed by atoms with van der Waals surface area (Å²) in [6.45, 7) is 1.31. The van der Waals surface area contributed by atoms with Crippen LogP contribution in [0.5, 0.6) is 0 Å². The average Bonchev–Trinajstić information content (AvgIpc) is 3.16. The van der Waals surface area contributed by atoms with E-state index in [0.717, 1.165) is 37.2 Å². The largest absolute Gasteiger partial charge is 0.354 e. The van der Waals surface area contributed by atoms with E-state index in [2.05, 4.69) is 10.3 Å². The van der Waals surface area contributed by atoms with Crippen LogP contribution in [0, 0.1) is 0 Å². The number of rotatable bonds is 6. The lowest BCUT2D eigenvalue weighted by molar-refractivity contribution is 0.101. The minimum atomic E-state index is -3.46. The number of piperidine rings is 1. The molecule has 1 saturated heterocycles. The molecule has 0 saturated carbocycles. The number of aromatic nitrogens is 1. The second-order valence-electron chi connectivity index (χ2n) is 7.36. The van der Waals surface area contributed by atoms with E-state index in [1.54, 1.807) is 39.9 Å². The number of fused-ring (bicyclic) bond motifs is 1. The van der Waals surface area contributed by atoms with Crippen molar-refractivity contribution in [2.24, 2.45) is 0 Å². The van der Waals surface area contributed by atoms with Crippen molar-refractivity contribution in [3.63, 3.8) is 0 Å². The summed E-state index contributed by atoms with van der Waals surface area (Å²) in [6.07, 6.45) is 7.38. The van der Waals surface area contributed by atoms with Gasteiger partial charge in [-0.1, -0.05) is 6.42 Å². The van der Waals surface area contributed by atoms with Gasteiger partial charge in [-0.05, 0) is 62.8 Å². The molecule has 0 spiro atoms. The summed E-state index contributed by atoms with van der Waals surface area (Å²) in [5, 5.41) is 3.92. The molecule has 2 aliphatic rings. The van der Waals surface area contributed by atoms with Gasteiger partial charge in [0.05, 0.1) is 17.1 Å². The number of carbonyl (C=O) groups is 1. The normalized spacial score (nSPS) is 17.9. The smallest absolute Gasteiger partial charge is 0.243 e. The maximum absolute atomic E-state index is 12.7. The van der Waals surface area contributed by atoms with E-state index in [1.807, 2.05) is 0 Å². The Hall–Kier alpha value is -1.77. The van der Waals surface area contributed by atoms with Crippen LogP contribution < -0.4 is 5.32 Å². The Morgan fingerprint density at radius 3 is 2.46 bits per heavy atom. The first kappa shape index (κ1) is 19.5. The molecule has 1 aromatic heterocycles. The predicted octanol–water partition coefficient (Wildman–Crippen LogP) is 3.49. The van der Waals surface area contributed by atoms with Gasteiger partial charge in [0.2, 0.25) is 10.0 Å². The van der Waals surface area contributed by atoms with Gasteiger partial charge in [0.15, 0.2) is 10.9 Å². The molecule has 4 rings (SSSR count). The molecular weight excluding hydrogens is 394 g/mol. The SMILES string of the molecule is O=C(CNc1nc2c(s1)CCCC2)c1ccc(S(=O)(=O)N2CCCCC2)cc1. The van der Waals surface area contributed by atoms with Gasteiger partial charge in [0.1, 0.15) is 0 Å². The third kappa shape index (κ3) is 4.14. The zero-order valence-electron chi connectivity index (χ0n) is 15.8. The fourth-order valence-corrected chi connectivity index (χ4v) is 6.32. The number of ketones is 1. The van der Waals surface area contributed by atoms with E-state index in [0.29, 0.717) is 18.7 Å². The Kier molecular flexibility index (Phi) is 5.80. The highest BCUT2D eigenvalue weighted by Gasteiger charge is 2.26. The van der Waals surface area contributed by atoms with Crippen molar-refractivity contribution in [2.75, 3.05) is 25.0 Å². The zero-order valence-corrected chi connectivity index (χ0v) is 17.4. The molecule has 1 fully saturated rings. The third-order valence-corrected chi connectivity index (χ3v) is 8.40. The average molecular weight is 420 g/mol. The lowest BCUT2D eigenvalue weighted by Crippen LogP contribution is -2.35. The van der Waals surface area contributed by atoms with E-state index in [4.69, 9.17) is 0 Å². The molecule has 0 amide bonds. The number of thiazole rings is 1. The van der Waals surface area contributed by atoms with E-state index in [-0.39, 0.29) is 17.2 Å². The number of Topliss-reactive ketones (excluding diaryl/α,β-unsaturated/α-hetero) is 1. The Bertz CT molecular complexity index is 922. The van der Waals surface area contributed by atoms with Crippen molar-refractivity contribution in [1.29, 1.82) is 0 Å². The molecule has 0 atom stereocenters. The predicted molar refractivity (Wildman–Crippen MR) is 111 cm³/mol. The lowest BCUT2D eigenvalue weighted by atomic mass is 10.0. The van der Waals surface area contributed by atoms with Crippen LogP contribution in [-0.4, -0.2) is 43.1 Å². The number of aryl methyl sites for hydroxylation is 2. The van der Waals surface area contributed by atoms with Crippen LogP contribution in [0.4, 0.5) is 5.13 Å². The van der Waals surface area contributed by atoms with Crippen LogP contribution in [-0.2, 0) is 22.9 Å². The van der Waals surface area contributed by atoms with Crippen molar-refractivity contribution in [3.8, 4) is 0 Å². The van der Waals surface area contributed by atoms with Gasteiger partial charge in [-0.25, -0.2) is 13.4 Å². The Labute approximate surface area is 170 Å². The fourth-order valence-electron chi connectivity index (χ4n) is 3.75. The number of benzene rings is 1. The molecule has 150 valence electrons. The molecule has 8 heteroatoms. The maximum atomic E-state index is 12.7. The second kappa shape index (κ2) is 8.31. The molecule has 0 bridgehead atoms. The van der Waals surface area contributed by atoms with Gasteiger partial charge in [-0.15, -0.1) is 11.3 Å². The molecule has 1 aliphatic carbocycles. The van der Waals surface area contributed by atoms with E-state index >= 15 is 0 Å². The quantitative estimate of drug-likeness (QED) is 0.725. The lowest BCUT2D eigenvalue weighted by Gasteiger charge is -2.25. The fraction of sp³-hybridized carbons (Fsp3) is 0.500. The molecule has 2 heterocycles. The molecule has 28 heavy (non-hydrogen) atoms. The van der Waals surface area contributed by atoms with Crippen molar-refractivity contribution >= 4 is 32.3 Å². The van der Waals surface area contributed by atoms with Gasteiger partial charge >= 0.3 is 0 Å². The van der Waals surface area contributed by atoms with E-state index in [1.165, 1.54) is 23.4 Å². The van der Waals surface area contributed by atoms with Crippen LogP contribution >= 0.6 is 11.3 Å². The van der Waals surface area contributed by atoms with Crippen LogP contribution in [0.2, 0.25) is 0 Å². The second-order valence-corrected chi connectivity index (χ2v) is 10.4. The van der Waals surface area contributed by atoms with E-state index in [9.17, 15) is 13.2 Å². The minimum absolute atomic E-state index is 0.0740. The number of hydrogen-bond acceptors (Lipinski definition) is 6. The number of carbonyl (C=O) groups excluding carboxylic acids is 1. The number of nitrogens with zero attached hydrogens (tertiary/aromatic N) is 2. The Morgan fingerprint density at radius 1 is 1.04 bits per heavy atom. The molecule has 0 unspecified atom stereocenters. The highest BCUT2D eigenvalue weighted by atomic mass is 32.2. The summed E-state index contributed by atoms with van der Waals surface area (Å²) in [6, 6.07) is 6.29. The summed E-state index contributed by atoms with van der Waals surface area (Å²) in [4.78, 5) is 18.6. The van der Waals surface area contributed by atoms with Gasteiger partial charge < -0.3 is 5.32 Å². The summed E-state index contributed by atoms with van der Waals surface area (Å²) in [5.41, 5.74) is 1.67. The summed E-state index contributed by atoms with van der Waals surface area (Å²) < 4.78 is 26.9. The van der Waals surface area contributed by atoms with Crippen molar-refractivity contribution in [1.82, 2.24) is 9.29 Å². The zero-order chi connectivity index (χ0) is 19.6. The van der Waals surface area contributed by atoms with Gasteiger partial charge in [-0.2, -0.15) is 4.31 Å². The summed E-state index contributed by atoms with van der Waals surface area (Å²) >= 11 is 1.63. The molecular formula is C20H25N3O3S2. The van der Waals surface area contributed by atoms with Crippen LogP contribution in [0.1, 0.15) is 53.0 Å². The van der Waals surface area contributed by atoms with Gasteiger partial charge in [0.25, 0.3) is 0 Å². The monoisotopic (exact) mass is 419 g/mol. The first-order valence-corrected chi connectivity index (χ1v) is 12.2. The molecule has 2 aromatic rings.